The Morgan fingerprint density at radius 1 is 1.40 bits per heavy atom. The minimum absolute atomic E-state index is 0.0936. The van der Waals surface area contributed by atoms with Gasteiger partial charge < -0.3 is 5.11 Å². The summed E-state index contributed by atoms with van der Waals surface area (Å²) in [6, 6.07) is 6.90. The van der Waals surface area contributed by atoms with Crippen molar-refractivity contribution in [1.82, 2.24) is 13.3 Å². The maximum Gasteiger partial charge on any atom is 0.309 e. The number of aliphatic carboxylic acids is 1. The van der Waals surface area contributed by atoms with E-state index in [-0.39, 0.29) is 13.0 Å². The van der Waals surface area contributed by atoms with Crippen molar-refractivity contribution in [2.24, 2.45) is 0 Å². The highest BCUT2D eigenvalue weighted by Crippen LogP contribution is 2.19. The molecule has 1 heterocycles. The van der Waals surface area contributed by atoms with E-state index in [9.17, 15) is 13.2 Å². The average Bonchev–Trinajstić information content (AvgIpc) is 2.71. The van der Waals surface area contributed by atoms with Gasteiger partial charge in [0, 0.05) is 13.6 Å². The summed E-state index contributed by atoms with van der Waals surface area (Å²) >= 11 is 0. The molecule has 8 heteroatoms. The Kier molecular flexibility index (Phi) is 3.78. The standard InChI is InChI=1S/C12H15N3O4S/c1-9-13-10-5-3-4-6-11(10)15(9)20(18,19)14(2)8-7-12(16)17/h3-6H,7-8H2,1-2H3,(H,16,17). The molecule has 0 fully saturated rings. The average molecular weight is 297 g/mol. The van der Waals surface area contributed by atoms with Crippen molar-refractivity contribution >= 4 is 27.2 Å². The van der Waals surface area contributed by atoms with E-state index >= 15 is 0 Å². The molecule has 0 saturated heterocycles. The Balaban J connectivity index is 2.46. The summed E-state index contributed by atoms with van der Waals surface area (Å²) in [5.74, 6) is -0.701. The van der Waals surface area contributed by atoms with Crippen LogP contribution in [0.5, 0.6) is 0 Å². The molecule has 0 aliphatic rings. The minimum Gasteiger partial charge on any atom is -0.481 e. The molecule has 0 aliphatic carbocycles. The summed E-state index contributed by atoms with van der Waals surface area (Å²) in [6.07, 6.45) is -0.249. The molecule has 1 aromatic heterocycles. The summed E-state index contributed by atoms with van der Waals surface area (Å²) in [6.45, 7) is 1.51. The van der Waals surface area contributed by atoms with E-state index in [2.05, 4.69) is 4.98 Å². The Morgan fingerprint density at radius 3 is 2.70 bits per heavy atom. The predicted molar refractivity (Wildman–Crippen MR) is 73.7 cm³/mol. The van der Waals surface area contributed by atoms with Gasteiger partial charge in [-0.05, 0) is 19.1 Å². The lowest BCUT2D eigenvalue weighted by atomic mass is 10.3. The minimum atomic E-state index is -3.82. The molecule has 0 bridgehead atoms. The number of aryl methyl sites for hydroxylation is 1. The quantitative estimate of drug-likeness (QED) is 0.883. The highest BCUT2D eigenvalue weighted by atomic mass is 32.2. The molecular formula is C12H15N3O4S. The van der Waals surface area contributed by atoms with Gasteiger partial charge in [-0.25, -0.2) is 8.96 Å². The Morgan fingerprint density at radius 2 is 2.05 bits per heavy atom. The zero-order valence-corrected chi connectivity index (χ0v) is 12.0. The third kappa shape index (κ3) is 2.52. The number of imidazole rings is 1. The van der Waals surface area contributed by atoms with Gasteiger partial charge in [0.2, 0.25) is 0 Å². The van der Waals surface area contributed by atoms with E-state index in [1.54, 1.807) is 31.2 Å². The summed E-state index contributed by atoms with van der Waals surface area (Å²) in [7, 11) is -2.47. The van der Waals surface area contributed by atoms with Crippen LogP contribution < -0.4 is 0 Å². The van der Waals surface area contributed by atoms with Crippen molar-refractivity contribution in [2.45, 2.75) is 13.3 Å². The smallest absolute Gasteiger partial charge is 0.309 e. The van der Waals surface area contributed by atoms with Crippen LogP contribution >= 0.6 is 0 Å². The number of carbonyl (C=O) groups is 1. The molecule has 0 spiro atoms. The summed E-state index contributed by atoms with van der Waals surface area (Å²) in [5.41, 5.74) is 1.06. The van der Waals surface area contributed by atoms with Gasteiger partial charge in [0.1, 0.15) is 5.82 Å². The molecule has 2 rings (SSSR count). The second-order valence-corrected chi connectivity index (χ2v) is 6.27. The third-order valence-electron chi connectivity index (χ3n) is 2.94. The third-order valence-corrected chi connectivity index (χ3v) is 4.83. The molecule has 2 aromatic rings. The van der Waals surface area contributed by atoms with E-state index in [0.29, 0.717) is 16.9 Å². The lowest BCUT2D eigenvalue weighted by Crippen LogP contribution is -2.34. The first-order chi connectivity index (χ1) is 9.34. The van der Waals surface area contributed by atoms with Crippen LogP contribution in [0.1, 0.15) is 12.2 Å². The zero-order valence-electron chi connectivity index (χ0n) is 11.1. The molecule has 0 saturated carbocycles. The van der Waals surface area contributed by atoms with Gasteiger partial charge >= 0.3 is 16.2 Å². The van der Waals surface area contributed by atoms with Crippen LogP contribution in [0.4, 0.5) is 0 Å². The Labute approximate surface area is 116 Å². The molecule has 0 unspecified atom stereocenters. The van der Waals surface area contributed by atoms with Crippen LogP contribution in [0.25, 0.3) is 11.0 Å². The molecule has 0 aliphatic heterocycles. The van der Waals surface area contributed by atoms with Crippen molar-refractivity contribution < 1.29 is 18.3 Å². The van der Waals surface area contributed by atoms with Gasteiger partial charge in [-0.1, -0.05) is 12.1 Å². The van der Waals surface area contributed by atoms with Gasteiger partial charge in [0.15, 0.2) is 0 Å². The number of nitrogens with zero attached hydrogens (tertiary/aromatic N) is 3. The first-order valence-electron chi connectivity index (χ1n) is 5.96. The molecule has 1 N–H and O–H groups in total. The zero-order chi connectivity index (χ0) is 14.9. The molecule has 0 atom stereocenters. The van der Waals surface area contributed by atoms with Gasteiger partial charge in [0.05, 0.1) is 17.5 Å². The van der Waals surface area contributed by atoms with Crippen LogP contribution in [-0.4, -0.2) is 46.3 Å². The largest absolute Gasteiger partial charge is 0.481 e. The second kappa shape index (κ2) is 5.22. The number of carboxylic acid groups (broad SMARTS) is 1. The molecule has 108 valence electrons. The maximum atomic E-state index is 12.5. The van der Waals surface area contributed by atoms with E-state index < -0.39 is 16.2 Å². The normalized spacial score (nSPS) is 12.2. The lowest BCUT2D eigenvalue weighted by Gasteiger charge is -2.18. The topological polar surface area (TPSA) is 92.5 Å². The summed E-state index contributed by atoms with van der Waals surface area (Å²) < 4.78 is 27.1. The number of rotatable bonds is 5. The fourth-order valence-corrected chi connectivity index (χ4v) is 3.30. The van der Waals surface area contributed by atoms with Crippen molar-refractivity contribution in [2.75, 3.05) is 13.6 Å². The van der Waals surface area contributed by atoms with Crippen molar-refractivity contribution in [3.8, 4) is 0 Å². The van der Waals surface area contributed by atoms with Gasteiger partial charge in [-0.15, -0.1) is 0 Å². The van der Waals surface area contributed by atoms with E-state index in [4.69, 9.17) is 5.11 Å². The van der Waals surface area contributed by atoms with Gasteiger partial charge in [-0.2, -0.15) is 12.7 Å². The van der Waals surface area contributed by atoms with Crippen molar-refractivity contribution in [3.63, 3.8) is 0 Å². The van der Waals surface area contributed by atoms with Crippen LogP contribution in [0.15, 0.2) is 24.3 Å². The molecule has 0 radical (unpaired) electrons. The number of aromatic nitrogens is 2. The molecule has 20 heavy (non-hydrogen) atoms. The number of benzene rings is 1. The van der Waals surface area contributed by atoms with Crippen LogP contribution in [0.2, 0.25) is 0 Å². The first kappa shape index (κ1) is 14.5. The predicted octanol–water partition coefficient (Wildman–Crippen LogP) is 0.844. The van der Waals surface area contributed by atoms with Crippen molar-refractivity contribution in [1.29, 1.82) is 0 Å². The molecule has 1 aromatic carbocycles. The number of hydrogen-bond donors (Lipinski definition) is 1. The lowest BCUT2D eigenvalue weighted by molar-refractivity contribution is -0.137. The fraction of sp³-hybridized carbons (Fsp3) is 0.333. The Hall–Kier alpha value is -1.93. The maximum absolute atomic E-state index is 12.5. The van der Waals surface area contributed by atoms with E-state index in [0.717, 1.165) is 8.28 Å². The second-order valence-electron chi connectivity index (χ2n) is 4.39. The summed E-state index contributed by atoms with van der Waals surface area (Å²) in [4.78, 5) is 14.8. The van der Waals surface area contributed by atoms with E-state index in [1.807, 2.05) is 0 Å². The van der Waals surface area contributed by atoms with Crippen LogP contribution in [0.3, 0.4) is 0 Å². The molecule has 0 amide bonds. The van der Waals surface area contributed by atoms with Gasteiger partial charge in [0.25, 0.3) is 0 Å². The fourth-order valence-electron chi connectivity index (χ4n) is 1.92. The van der Waals surface area contributed by atoms with Crippen LogP contribution in [-0.2, 0) is 15.0 Å². The highest BCUT2D eigenvalue weighted by Gasteiger charge is 2.24. The molecule has 7 nitrogen and oxygen atoms in total. The van der Waals surface area contributed by atoms with E-state index in [1.165, 1.54) is 7.05 Å². The number of para-hydroxylation sites is 2. The van der Waals surface area contributed by atoms with Crippen LogP contribution in [0, 0.1) is 6.92 Å². The first-order valence-corrected chi connectivity index (χ1v) is 7.36. The number of carboxylic acids is 1. The monoisotopic (exact) mass is 297 g/mol. The van der Waals surface area contributed by atoms with Gasteiger partial charge in [-0.3, -0.25) is 4.79 Å². The summed E-state index contributed by atoms with van der Waals surface area (Å²) in [5, 5.41) is 8.64. The Bertz CT molecular complexity index is 751. The number of fused-ring (bicyclic) bond motifs is 1. The highest BCUT2D eigenvalue weighted by molar-refractivity contribution is 7.87. The molecular weight excluding hydrogens is 282 g/mol. The number of hydrogen-bond acceptors (Lipinski definition) is 4. The van der Waals surface area contributed by atoms with Crippen molar-refractivity contribution in [3.05, 3.63) is 30.1 Å². The SMILES string of the molecule is Cc1nc2ccccc2n1S(=O)(=O)N(C)CCC(=O)O.